The first-order valence-electron chi connectivity index (χ1n) is 5.20. The standard InChI is InChI=1S/C11H13FN2O3/c1-3-7(2)13-11(15)8-4-5-9(12)10(6-8)14(16)17/h4-7H,3H2,1-2H3,(H,13,15). The minimum atomic E-state index is -0.949. The Morgan fingerprint density at radius 3 is 2.76 bits per heavy atom. The average molecular weight is 240 g/mol. The molecule has 0 heterocycles. The molecule has 1 aromatic carbocycles. The molecule has 1 rings (SSSR count). The van der Waals surface area contributed by atoms with Crippen molar-refractivity contribution in [1.82, 2.24) is 5.32 Å². The lowest BCUT2D eigenvalue weighted by atomic mass is 10.1. The van der Waals surface area contributed by atoms with Crippen molar-refractivity contribution in [3.05, 3.63) is 39.7 Å². The highest BCUT2D eigenvalue weighted by Crippen LogP contribution is 2.18. The molecule has 5 nitrogen and oxygen atoms in total. The largest absolute Gasteiger partial charge is 0.350 e. The fourth-order valence-corrected chi connectivity index (χ4v) is 1.20. The van der Waals surface area contributed by atoms with Gasteiger partial charge in [0.25, 0.3) is 5.91 Å². The van der Waals surface area contributed by atoms with Gasteiger partial charge in [0.15, 0.2) is 0 Å². The molecule has 0 spiro atoms. The maximum absolute atomic E-state index is 13.0. The van der Waals surface area contributed by atoms with Crippen molar-refractivity contribution in [3.8, 4) is 0 Å². The quantitative estimate of drug-likeness (QED) is 0.648. The van der Waals surface area contributed by atoms with E-state index in [4.69, 9.17) is 0 Å². The van der Waals surface area contributed by atoms with Crippen LogP contribution in [0.5, 0.6) is 0 Å². The second-order valence-electron chi connectivity index (χ2n) is 3.71. The molecule has 0 bridgehead atoms. The van der Waals surface area contributed by atoms with Crippen LogP contribution in [0.2, 0.25) is 0 Å². The maximum atomic E-state index is 13.0. The van der Waals surface area contributed by atoms with Crippen LogP contribution in [0.15, 0.2) is 18.2 Å². The third kappa shape index (κ3) is 3.24. The van der Waals surface area contributed by atoms with Crippen molar-refractivity contribution in [3.63, 3.8) is 0 Å². The zero-order chi connectivity index (χ0) is 13.0. The summed E-state index contributed by atoms with van der Waals surface area (Å²) in [5, 5.41) is 13.2. The number of rotatable bonds is 4. The van der Waals surface area contributed by atoms with E-state index in [1.165, 1.54) is 6.07 Å². The Hall–Kier alpha value is -1.98. The molecule has 1 unspecified atom stereocenters. The average Bonchev–Trinajstić information content (AvgIpc) is 2.28. The summed E-state index contributed by atoms with van der Waals surface area (Å²) in [4.78, 5) is 21.3. The van der Waals surface area contributed by atoms with Crippen LogP contribution < -0.4 is 5.32 Å². The Bertz CT molecular complexity index is 448. The van der Waals surface area contributed by atoms with E-state index in [9.17, 15) is 19.3 Å². The Morgan fingerprint density at radius 2 is 2.24 bits per heavy atom. The summed E-state index contributed by atoms with van der Waals surface area (Å²) in [7, 11) is 0. The van der Waals surface area contributed by atoms with Crippen LogP contribution in [-0.4, -0.2) is 16.9 Å². The molecule has 1 atom stereocenters. The van der Waals surface area contributed by atoms with E-state index in [0.717, 1.165) is 18.6 Å². The molecule has 0 aromatic heterocycles. The summed E-state index contributed by atoms with van der Waals surface area (Å²) in [6.07, 6.45) is 0.745. The van der Waals surface area contributed by atoms with E-state index in [2.05, 4.69) is 5.32 Å². The van der Waals surface area contributed by atoms with Gasteiger partial charge in [-0.25, -0.2) is 0 Å². The van der Waals surface area contributed by atoms with Crippen LogP contribution in [0, 0.1) is 15.9 Å². The molecule has 0 aliphatic heterocycles. The van der Waals surface area contributed by atoms with Crippen LogP contribution in [0.25, 0.3) is 0 Å². The number of hydrogen-bond acceptors (Lipinski definition) is 3. The smallest absolute Gasteiger partial charge is 0.305 e. The highest BCUT2D eigenvalue weighted by atomic mass is 19.1. The van der Waals surface area contributed by atoms with E-state index < -0.39 is 22.3 Å². The molecule has 6 heteroatoms. The molecule has 0 fully saturated rings. The van der Waals surface area contributed by atoms with Gasteiger partial charge in [-0.1, -0.05) is 6.92 Å². The minimum absolute atomic E-state index is 0.0355. The summed E-state index contributed by atoms with van der Waals surface area (Å²) in [5.41, 5.74) is -0.611. The maximum Gasteiger partial charge on any atom is 0.305 e. The number of carbonyl (C=O) groups is 1. The van der Waals surface area contributed by atoms with E-state index in [1.807, 2.05) is 13.8 Å². The molecular weight excluding hydrogens is 227 g/mol. The third-order valence-corrected chi connectivity index (χ3v) is 2.39. The van der Waals surface area contributed by atoms with Crippen molar-refractivity contribution in [2.24, 2.45) is 0 Å². The molecule has 0 saturated heterocycles. The highest BCUT2D eigenvalue weighted by Gasteiger charge is 2.17. The zero-order valence-electron chi connectivity index (χ0n) is 9.57. The normalized spacial score (nSPS) is 11.9. The summed E-state index contributed by atoms with van der Waals surface area (Å²) in [6, 6.07) is 3.04. The van der Waals surface area contributed by atoms with Crippen molar-refractivity contribution in [2.75, 3.05) is 0 Å². The highest BCUT2D eigenvalue weighted by molar-refractivity contribution is 5.95. The lowest BCUT2D eigenvalue weighted by Gasteiger charge is -2.11. The van der Waals surface area contributed by atoms with Gasteiger partial charge in [0.1, 0.15) is 0 Å². The van der Waals surface area contributed by atoms with Crippen molar-refractivity contribution in [1.29, 1.82) is 0 Å². The first-order chi connectivity index (χ1) is 7.95. The zero-order valence-corrected chi connectivity index (χ0v) is 9.57. The van der Waals surface area contributed by atoms with E-state index >= 15 is 0 Å². The van der Waals surface area contributed by atoms with Crippen LogP contribution in [0.4, 0.5) is 10.1 Å². The molecule has 92 valence electrons. The number of nitrogens with one attached hydrogen (secondary N) is 1. The van der Waals surface area contributed by atoms with E-state index in [0.29, 0.717) is 0 Å². The predicted octanol–water partition coefficient (Wildman–Crippen LogP) is 2.26. The Morgan fingerprint density at radius 1 is 1.59 bits per heavy atom. The number of nitro groups is 1. The van der Waals surface area contributed by atoms with Gasteiger partial charge >= 0.3 is 5.69 Å². The van der Waals surface area contributed by atoms with Gasteiger partial charge in [-0.3, -0.25) is 14.9 Å². The summed E-state index contributed by atoms with van der Waals surface area (Å²) in [6.45, 7) is 3.72. The van der Waals surface area contributed by atoms with Crippen LogP contribution in [0.1, 0.15) is 30.6 Å². The fourth-order valence-electron chi connectivity index (χ4n) is 1.20. The van der Waals surface area contributed by atoms with Gasteiger partial charge in [0, 0.05) is 17.7 Å². The number of carbonyl (C=O) groups excluding carboxylic acids is 1. The van der Waals surface area contributed by atoms with Gasteiger partial charge < -0.3 is 5.32 Å². The Kier molecular flexibility index (Phi) is 4.14. The fraction of sp³-hybridized carbons (Fsp3) is 0.364. The van der Waals surface area contributed by atoms with Crippen molar-refractivity contribution in [2.45, 2.75) is 26.3 Å². The molecule has 0 aliphatic rings. The number of halogens is 1. The summed E-state index contributed by atoms with van der Waals surface area (Å²) in [5.74, 6) is -1.39. The minimum Gasteiger partial charge on any atom is -0.350 e. The van der Waals surface area contributed by atoms with E-state index in [-0.39, 0.29) is 11.6 Å². The van der Waals surface area contributed by atoms with Gasteiger partial charge in [-0.15, -0.1) is 0 Å². The molecule has 0 aliphatic carbocycles. The third-order valence-electron chi connectivity index (χ3n) is 2.39. The van der Waals surface area contributed by atoms with Crippen molar-refractivity contribution < 1.29 is 14.1 Å². The number of nitrogens with zero attached hydrogens (tertiary/aromatic N) is 1. The van der Waals surface area contributed by atoms with Crippen LogP contribution >= 0.6 is 0 Å². The molecule has 1 N–H and O–H groups in total. The number of nitro benzene ring substituents is 1. The number of hydrogen-bond donors (Lipinski definition) is 1. The van der Waals surface area contributed by atoms with E-state index in [1.54, 1.807) is 0 Å². The predicted molar refractivity (Wildman–Crippen MR) is 60.3 cm³/mol. The second-order valence-corrected chi connectivity index (χ2v) is 3.71. The first-order valence-corrected chi connectivity index (χ1v) is 5.20. The van der Waals surface area contributed by atoms with Crippen LogP contribution in [-0.2, 0) is 0 Å². The SMILES string of the molecule is CCC(C)NC(=O)c1ccc(F)c([N+](=O)[O-])c1. The molecule has 1 aromatic rings. The Labute approximate surface area is 97.8 Å². The van der Waals surface area contributed by atoms with Crippen molar-refractivity contribution >= 4 is 11.6 Å². The molecule has 0 radical (unpaired) electrons. The number of benzene rings is 1. The van der Waals surface area contributed by atoms with Gasteiger partial charge in [-0.2, -0.15) is 4.39 Å². The second kappa shape index (κ2) is 5.38. The molecule has 1 amide bonds. The molecule has 17 heavy (non-hydrogen) atoms. The van der Waals surface area contributed by atoms with Gasteiger partial charge in [-0.05, 0) is 25.5 Å². The molecule has 0 saturated carbocycles. The lowest BCUT2D eigenvalue weighted by Crippen LogP contribution is -2.31. The number of amides is 1. The monoisotopic (exact) mass is 240 g/mol. The Balaban J connectivity index is 2.96. The topological polar surface area (TPSA) is 72.2 Å². The summed E-state index contributed by atoms with van der Waals surface area (Å²) >= 11 is 0. The van der Waals surface area contributed by atoms with Crippen LogP contribution in [0.3, 0.4) is 0 Å². The molecular formula is C11H13FN2O3. The lowest BCUT2D eigenvalue weighted by molar-refractivity contribution is -0.387. The van der Waals surface area contributed by atoms with Gasteiger partial charge in [0.05, 0.1) is 4.92 Å². The van der Waals surface area contributed by atoms with Gasteiger partial charge in [0.2, 0.25) is 5.82 Å². The first kappa shape index (κ1) is 13.1. The summed E-state index contributed by atoms with van der Waals surface area (Å²) < 4.78 is 13.0.